The van der Waals surface area contributed by atoms with Gasteiger partial charge in [-0.05, 0) is 31.2 Å². The third-order valence-electron chi connectivity index (χ3n) is 4.22. The molecule has 1 aromatic heterocycles. The van der Waals surface area contributed by atoms with Crippen LogP contribution in [0.5, 0.6) is 0 Å². The van der Waals surface area contributed by atoms with Crippen molar-refractivity contribution in [1.29, 1.82) is 0 Å². The molecule has 3 rings (SSSR count). The first-order valence-corrected chi connectivity index (χ1v) is 10.2. The van der Waals surface area contributed by atoms with E-state index in [1.165, 1.54) is 23.1 Å². The predicted octanol–water partition coefficient (Wildman–Crippen LogP) is 0.736. The molecule has 2 aromatic carbocycles. The number of para-hydroxylation sites is 1. The average Bonchev–Trinajstić information content (AvgIpc) is 3.22. The maximum Gasteiger partial charge on any atom is 0.297 e. The second kappa shape index (κ2) is 8.80. The number of hydrogen-bond donors (Lipinski definition) is 3. The lowest BCUT2D eigenvalue weighted by Crippen LogP contribution is -2.36. The number of rotatable bonds is 8. The number of aromatic nitrogens is 3. The molecule has 0 radical (unpaired) electrons. The number of aliphatic hydroxyl groups excluding tert-OH is 3. The molecule has 0 bridgehead atoms. The van der Waals surface area contributed by atoms with Crippen molar-refractivity contribution in [2.24, 2.45) is 0 Å². The van der Waals surface area contributed by atoms with Gasteiger partial charge in [0.05, 0.1) is 23.4 Å². The highest BCUT2D eigenvalue weighted by atomic mass is 32.2. The van der Waals surface area contributed by atoms with Gasteiger partial charge >= 0.3 is 0 Å². The Labute approximate surface area is 167 Å². The molecule has 10 heteroatoms. The summed E-state index contributed by atoms with van der Waals surface area (Å²) in [7, 11) is -4.11. The normalized spacial score (nSPS) is 15.0. The molecule has 0 aliphatic rings. The van der Waals surface area contributed by atoms with E-state index in [9.17, 15) is 23.7 Å². The van der Waals surface area contributed by atoms with Crippen LogP contribution in [0.2, 0.25) is 0 Å². The Morgan fingerprint density at radius 1 is 1.03 bits per heavy atom. The van der Waals surface area contributed by atoms with Crippen LogP contribution in [0.15, 0.2) is 65.7 Å². The highest BCUT2D eigenvalue weighted by Crippen LogP contribution is 2.19. The van der Waals surface area contributed by atoms with Crippen molar-refractivity contribution >= 4 is 10.1 Å². The van der Waals surface area contributed by atoms with Crippen molar-refractivity contribution < 1.29 is 27.9 Å². The summed E-state index contributed by atoms with van der Waals surface area (Å²) in [6, 6.07) is 14.9. The van der Waals surface area contributed by atoms with Gasteiger partial charge in [-0.25, -0.2) is 0 Å². The van der Waals surface area contributed by atoms with E-state index in [1.54, 1.807) is 36.4 Å². The van der Waals surface area contributed by atoms with Gasteiger partial charge in [0.25, 0.3) is 10.1 Å². The fraction of sp³-hybridized carbons (Fsp3) is 0.263. The highest BCUT2D eigenvalue weighted by Gasteiger charge is 2.30. The molecule has 29 heavy (non-hydrogen) atoms. The van der Waals surface area contributed by atoms with Gasteiger partial charge in [-0.1, -0.05) is 35.9 Å². The molecule has 0 amide bonds. The van der Waals surface area contributed by atoms with E-state index in [1.807, 2.05) is 13.0 Å². The van der Waals surface area contributed by atoms with Crippen LogP contribution in [0.4, 0.5) is 0 Å². The molecule has 9 nitrogen and oxygen atoms in total. The lowest BCUT2D eigenvalue weighted by molar-refractivity contribution is -0.0749. The SMILES string of the molecule is Cc1ccc(S(=O)(=O)OC[C@H](O)[C@@H](O)[C@@H](O)c2cnn(-c3ccccc3)n2)cc1. The number of benzene rings is 2. The first-order valence-electron chi connectivity index (χ1n) is 8.76. The van der Waals surface area contributed by atoms with E-state index in [0.29, 0.717) is 5.69 Å². The van der Waals surface area contributed by atoms with Gasteiger partial charge in [-0.15, -0.1) is 0 Å². The fourth-order valence-electron chi connectivity index (χ4n) is 2.51. The molecular formula is C19H21N3O6S. The van der Waals surface area contributed by atoms with Gasteiger partial charge in [0.15, 0.2) is 0 Å². The third-order valence-corrected chi connectivity index (χ3v) is 5.52. The zero-order chi connectivity index (χ0) is 21.0. The molecule has 3 atom stereocenters. The van der Waals surface area contributed by atoms with Gasteiger partial charge in [0, 0.05) is 0 Å². The van der Waals surface area contributed by atoms with Crippen molar-refractivity contribution in [2.45, 2.75) is 30.1 Å². The Morgan fingerprint density at radius 2 is 1.69 bits per heavy atom. The summed E-state index contributed by atoms with van der Waals surface area (Å²) in [6.07, 6.45) is -3.75. The molecule has 1 heterocycles. The average molecular weight is 419 g/mol. The minimum atomic E-state index is -4.11. The van der Waals surface area contributed by atoms with E-state index in [2.05, 4.69) is 10.2 Å². The van der Waals surface area contributed by atoms with Crippen molar-refractivity contribution in [2.75, 3.05) is 6.61 Å². The van der Waals surface area contributed by atoms with E-state index in [4.69, 9.17) is 4.18 Å². The van der Waals surface area contributed by atoms with E-state index >= 15 is 0 Å². The minimum absolute atomic E-state index is 0.0156. The molecule has 0 fully saturated rings. The second-order valence-corrected chi connectivity index (χ2v) is 8.06. The Hall–Kier alpha value is -2.63. The van der Waals surface area contributed by atoms with Crippen molar-refractivity contribution in [3.63, 3.8) is 0 Å². The first kappa shape index (κ1) is 21.1. The van der Waals surface area contributed by atoms with Crippen LogP contribution in [0.1, 0.15) is 17.4 Å². The van der Waals surface area contributed by atoms with Gasteiger partial charge < -0.3 is 15.3 Å². The molecule has 0 saturated carbocycles. The topological polar surface area (TPSA) is 135 Å². The van der Waals surface area contributed by atoms with Crippen LogP contribution in [0, 0.1) is 6.92 Å². The van der Waals surface area contributed by atoms with Crippen molar-refractivity contribution in [3.8, 4) is 5.69 Å². The first-order chi connectivity index (χ1) is 13.8. The minimum Gasteiger partial charge on any atom is -0.388 e. The van der Waals surface area contributed by atoms with Crippen LogP contribution in [-0.2, 0) is 14.3 Å². The van der Waals surface area contributed by atoms with E-state index < -0.39 is 35.0 Å². The maximum atomic E-state index is 12.2. The summed E-state index contributed by atoms with van der Waals surface area (Å²) in [5.41, 5.74) is 1.54. The van der Waals surface area contributed by atoms with Crippen molar-refractivity contribution in [3.05, 3.63) is 72.1 Å². The molecule has 3 aromatic rings. The number of aliphatic hydroxyl groups is 3. The van der Waals surface area contributed by atoms with Gasteiger partial charge in [-0.3, -0.25) is 4.18 Å². The molecule has 3 N–H and O–H groups in total. The van der Waals surface area contributed by atoms with E-state index in [-0.39, 0.29) is 10.6 Å². The summed E-state index contributed by atoms with van der Waals surface area (Å²) >= 11 is 0. The molecule has 154 valence electrons. The highest BCUT2D eigenvalue weighted by molar-refractivity contribution is 7.86. The van der Waals surface area contributed by atoms with Crippen LogP contribution >= 0.6 is 0 Å². The summed E-state index contributed by atoms with van der Waals surface area (Å²) in [4.78, 5) is 1.19. The molecule has 0 saturated heterocycles. The molecule has 0 aliphatic heterocycles. The molecule has 0 unspecified atom stereocenters. The quantitative estimate of drug-likeness (QED) is 0.455. The lowest BCUT2D eigenvalue weighted by atomic mass is 10.1. The molecular weight excluding hydrogens is 398 g/mol. The van der Waals surface area contributed by atoms with Gasteiger partial charge in [0.1, 0.15) is 24.0 Å². The second-order valence-electron chi connectivity index (χ2n) is 6.45. The van der Waals surface area contributed by atoms with Crippen LogP contribution < -0.4 is 0 Å². The zero-order valence-corrected chi connectivity index (χ0v) is 16.3. The van der Waals surface area contributed by atoms with E-state index in [0.717, 1.165) is 5.56 Å². The van der Waals surface area contributed by atoms with Gasteiger partial charge in [-0.2, -0.15) is 23.4 Å². The van der Waals surface area contributed by atoms with Crippen LogP contribution in [-0.4, -0.2) is 57.5 Å². The summed E-state index contributed by atoms with van der Waals surface area (Å²) < 4.78 is 29.1. The monoisotopic (exact) mass is 419 g/mol. The molecule has 0 aliphatic carbocycles. The maximum absolute atomic E-state index is 12.2. The predicted molar refractivity (Wildman–Crippen MR) is 103 cm³/mol. The smallest absolute Gasteiger partial charge is 0.297 e. The Morgan fingerprint density at radius 3 is 2.34 bits per heavy atom. The Balaban J connectivity index is 1.63. The molecule has 0 spiro atoms. The van der Waals surface area contributed by atoms with Crippen LogP contribution in [0.3, 0.4) is 0 Å². The number of aryl methyl sites for hydroxylation is 1. The summed E-state index contributed by atoms with van der Waals surface area (Å²) in [5.74, 6) is 0. The Kier molecular flexibility index (Phi) is 6.40. The van der Waals surface area contributed by atoms with Crippen LogP contribution in [0.25, 0.3) is 5.69 Å². The third kappa shape index (κ3) is 5.05. The Bertz CT molecular complexity index is 1040. The standard InChI is InChI=1S/C19H21N3O6S/c1-13-7-9-15(10-8-13)29(26,27)28-12-17(23)19(25)18(24)16-11-20-22(21-16)14-5-3-2-4-6-14/h2-11,17-19,23-25H,12H2,1H3/t17-,18-,19+/m0/s1. The summed E-state index contributed by atoms with van der Waals surface area (Å²) in [6.45, 7) is 1.08. The zero-order valence-electron chi connectivity index (χ0n) is 15.5. The fourth-order valence-corrected chi connectivity index (χ4v) is 3.44. The number of nitrogens with zero attached hydrogens (tertiary/aromatic N) is 3. The van der Waals surface area contributed by atoms with Crippen molar-refractivity contribution in [1.82, 2.24) is 15.0 Å². The largest absolute Gasteiger partial charge is 0.388 e. The summed E-state index contributed by atoms with van der Waals surface area (Å²) in [5, 5.41) is 38.6. The number of hydrogen-bond acceptors (Lipinski definition) is 8. The lowest BCUT2D eigenvalue weighted by Gasteiger charge is -2.21. The van der Waals surface area contributed by atoms with Gasteiger partial charge in [0.2, 0.25) is 0 Å².